The molecule has 27 heavy (non-hydrogen) atoms. The maximum atomic E-state index is 12.5. The molecule has 0 bridgehead atoms. The van der Waals surface area contributed by atoms with E-state index >= 15 is 0 Å². The lowest BCUT2D eigenvalue weighted by Gasteiger charge is -2.13. The minimum absolute atomic E-state index is 0.0181. The van der Waals surface area contributed by atoms with E-state index in [1.165, 1.54) is 25.3 Å². The lowest BCUT2D eigenvalue weighted by Crippen LogP contribution is -2.26. The molecule has 0 heterocycles. The highest BCUT2D eigenvalue weighted by Gasteiger charge is 2.20. The Balaban J connectivity index is 2.77. The molecule has 0 saturated heterocycles. The van der Waals surface area contributed by atoms with Crippen molar-refractivity contribution in [2.75, 3.05) is 37.3 Å². The van der Waals surface area contributed by atoms with Gasteiger partial charge in [0, 0.05) is 25.8 Å². The minimum atomic E-state index is -3.79. The summed E-state index contributed by atoms with van der Waals surface area (Å²) in [6, 6.07) is 4.07. The zero-order valence-electron chi connectivity index (χ0n) is 16.3. The summed E-state index contributed by atoms with van der Waals surface area (Å²) in [5.74, 6) is 0.477. The van der Waals surface area contributed by atoms with E-state index in [-0.39, 0.29) is 28.6 Å². The van der Waals surface area contributed by atoms with Crippen LogP contribution in [0.2, 0.25) is 0 Å². The van der Waals surface area contributed by atoms with Crippen LogP contribution >= 0.6 is 0 Å². The van der Waals surface area contributed by atoms with Crippen LogP contribution in [-0.2, 0) is 24.8 Å². The van der Waals surface area contributed by atoms with Crippen molar-refractivity contribution >= 4 is 25.7 Å². The van der Waals surface area contributed by atoms with Gasteiger partial charge < -0.3 is 9.47 Å². The molecular weight excluding hydrogens is 392 g/mol. The summed E-state index contributed by atoms with van der Waals surface area (Å²) in [7, 11) is -5.93. The minimum Gasteiger partial charge on any atom is -0.495 e. The van der Waals surface area contributed by atoms with E-state index < -0.39 is 20.0 Å². The standard InChI is InChI=1S/C17H30N2O6S2/c1-5-11-26(20,21)19-15-7-8-17(16(12-15)24-4)27(22,23)18-9-6-10-25-13-14(2)3/h7-8,12,14,18-19H,5-6,9-11,13H2,1-4H3. The second-order valence-corrected chi connectivity index (χ2v) is 10.1. The number of benzene rings is 1. The number of rotatable bonds is 13. The van der Waals surface area contributed by atoms with E-state index in [0.717, 1.165) is 0 Å². The number of sulfonamides is 2. The predicted molar refractivity (Wildman–Crippen MR) is 106 cm³/mol. The molecule has 0 aliphatic rings. The van der Waals surface area contributed by atoms with Crippen LogP contribution < -0.4 is 14.2 Å². The van der Waals surface area contributed by atoms with Crippen molar-refractivity contribution in [3.8, 4) is 5.75 Å². The summed E-state index contributed by atoms with van der Waals surface area (Å²) < 4.78 is 64.1. The topological polar surface area (TPSA) is 111 Å². The van der Waals surface area contributed by atoms with Crippen LogP contribution in [0.15, 0.2) is 23.1 Å². The van der Waals surface area contributed by atoms with E-state index in [4.69, 9.17) is 9.47 Å². The molecule has 10 heteroatoms. The highest BCUT2D eigenvalue weighted by molar-refractivity contribution is 7.92. The molecule has 2 N–H and O–H groups in total. The number of anilines is 1. The molecule has 1 aromatic rings. The van der Waals surface area contributed by atoms with Gasteiger partial charge in [0.25, 0.3) is 0 Å². The van der Waals surface area contributed by atoms with Crippen LogP contribution in [0, 0.1) is 5.92 Å². The maximum Gasteiger partial charge on any atom is 0.244 e. The van der Waals surface area contributed by atoms with Crippen LogP contribution in [0.5, 0.6) is 5.75 Å². The first kappa shape index (κ1) is 23.7. The van der Waals surface area contributed by atoms with Gasteiger partial charge in [0.1, 0.15) is 10.6 Å². The second-order valence-electron chi connectivity index (χ2n) is 6.51. The SMILES string of the molecule is CCCS(=O)(=O)Nc1ccc(S(=O)(=O)NCCCOCC(C)C)c(OC)c1. The van der Waals surface area contributed by atoms with Gasteiger partial charge in [-0.15, -0.1) is 0 Å². The summed E-state index contributed by atoms with van der Waals surface area (Å²) in [6.07, 6.45) is 1.02. The first-order valence-electron chi connectivity index (χ1n) is 8.87. The molecule has 0 amide bonds. The van der Waals surface area contributed by atoms with Crippen LogP contribution in [0.1, 0.15) is 33.6 Å². The molecule has 0 aromatic heterocycles. The highest BCUT2D eigenvalue weighted by atomic mass is 32.2. The number of ether oxygens (including phenoxy) is 2. The Morgan fingerprint density at radius 2 is 1.85 bits per heavy atom. The molecule has 0 saturated carbocycles. The number of hydrogen-bond donors (Lipinski definition) is 2. The van der Waals surface area contributed by atoms with Gasteiger partial charge in [-0.2, -0.15) is 0 Å². The van der Waals surface area contributed by atoms with E-state index in [1.54, 1.807) is 6.92 Å². The molecule has 0 spiro atoms. The van der Waals surface area contributed by atoms with Gasteiger partial charge in [0.15, 0.2) is 0 Å². The molecule has 8 nitrogen and oxygen atoms in total. The zero-order valence-corrected chi connectivity index (χ0v) is 18.0. The Bertz CT molecular complexity index is 792. The van der Waals surface area contributed by atoms with Gasteiger partial charge >= 0.3 is 0 Å². The molecule has 0 atom stereocenters. The molecule has 0 aliphatic carbocycles. The van der Waals surface area contributed by atoms with Gasteiger partial charge in [0.2, 0.25) is 20.0 Å². The Morgan fingerprint density at radius 1 is 1.15 bits per heavy atom. The summed E-state index contributed by atoms with van der Waals surface area (Å²) in [5, 5.41) is 0. The smallest absolute Gasteiger partial charge is 0.244 e. The van der Waals surface area contributed by atoms with E-state index in [9.17, 15) is 16.8 Å². The molecule has 1 aromatic carbocycles. The van der Waals surface area contributed by atoms with Crippen LogP contribution in [0.4, 0.5) is 5.69 Å². The molecule has 156 valence electrons. The van der Waals surface area contributed by atoms with E-state index in [2.05, 4.69) is 9.44 Å². The van der Waals surface area contributed by atoms with Gasteiger partial charge in [-0.3, -0.25) is 4.72 Å². The summed E-state index contributed by atoms with van der Waals surface area (Å²) >= 11 is 0. The van der Waals surface area contributed by atoms with Gasteiger partial charge in [-0.25, -0.2) is 21.6 Å². The molecule has 0 aliphatic heterocycles. The molecular formula is C17H30N2O6S2. The van der Waals surface area contributed by atoms with Crippen molar-refractivity contribution in [1.82, 2.24) is 4.72 Å². The molecule has 0 fully saturated rings. The van der Waals surface area contributed by atoms with Gasteiger partial charge in [-0.1, -0.05) is 20.8 Å². The molecule has 0 radical (unpaired) electrons. The Morgan fingerprint density at radius 3 is 2.44 bits per heavy atom. The average molecular weight is 423 g/mol. The number of methoxy groups -OCH3 is 1. The second kappa shape index (κ2) is 10.8. The third kappa shape index (κ3) is 8.46. The number of hydrogen-bond acceptors (Lipinski definition) is 6. The summed E-state index contributed by atoms with van der Waals surface area (Å²) in [4.78, 5) is -0.0495. The lowest BCUT2D eigenvalue weighted by atomic mass is 10.2. The Kier molecular flexibility index (Phi) is 9.51. The molecule has 0 unspecified atom stereocenters. The van der Waals surface area contributed by atoms with E-state index in [0.29, 0.717) is 32.0 Å². The normalized spacial score (nSPS) is 12.3. The Hall–Kier alpha value is -1.36. The largest absolute Gasteiger partial charge is 0.495 e. The van der Waals surface area contributed by atoms with Crippen molar-refractivity contribution in [3.63, 3.8) is 0 Å². The third-order valence-electron chi connectivity index (χ3n) is 3.41. The first-order chi connectivity index (χ1) is 12.6. The zero-order chi connectivity index (χ0) is 20.5. The van der Waals surface area contributed by atoms with Crippen molar-refractivity contribution in [2.24, 2.45) is 5.92 Å². The lowest BCUT2D eigenvalue weighted by molar-refractivity contribution is 0.108. The van der Waals surface area contributed by atoms with Gasteiger partial charge in [0.05, 0.1) is 18.6 Å². The number of nitrogens with one attached hydrogen (secondary N) is 2. The monoisotopic (exact) mass is 422 g/mol. The Labute approximate surface area is 162 Å². The van der Waals surface area contributed by atoms with Crippen molar-refractivity contribution in [1.29, 1.82) is 0 Å². The molecule has 1 rings (SSSR count). The van der Waals surface area contributed by atoms with Crippen molar-refractivity contribution in [2.45, 2.75) is 38.5 Å². The third-order valence-corrected chi connectivity index (χ3v) is 6.40. The average Bonchev–Trinajstić information content (AvgIpc) is 2.56. The van der Waals surface area contributed by atoms with Gasteiger partial charge in [-0.05, 0) is 30.9 Å². The maximum absolute atomic E-state index is 12.5. The highest BCUT2D eigenvalue weighted by Crippen LogP contribution is 2.27. The summed E-state index contributed by atoms with van der Waals surface area (Å²) in [6.45, 7) is 7.18. The fourth-order valence-electron chi connectivity index (χ4n) is 2.23. The predicted octanol–water partition coefficient (Wildman–Crippen LogP) is 2.19. The summed E-state index contributed by atoms with van der Waals surface area (Å²) in [5.41, 5.74) is 0.251. The fourth-order valence-corrected chi connectivity index (χ4v) is 4.58. The van der Waals surface area contributed by atoms with Crippen LogP contribution in [0.3, 0.4) is 0 Å². The first-order valence-corrected chi connectivity index (χ1v) is 12.0. The van der Waals surface area contributed by atoms with Crippen LogP contribution in [0.25, 0.3) is 0 Å². The van der Waals surface area contributed by atoms with Crippen molar-refractivity contribution in [3.05, 3.63) is 18.2 Å². The van der Waals surface area contributed by atoms with Crippen molar-refractivity contribution < 1.29 is 26.3 Å². The quantitative estimate of drug-likeness (QED) is 0.472. The van der Waals surface area contributed by atoms with Crippen LogP contribution in [-0.4, -0.2) is 49.5 Å². The fraction of sp³-hybridized carbons (Fsp3) is 0.647. The van der Waals surface area contributed by atoms with E-state index in [1.807, 2.05) is 13.8 Å².